The fourth-order valence-corrected chi connectivity index (χ4v) is 2.76. The highest BCUT2D eigenvalue weighted by Gasteiger charge is 2.18. The van der Waals surface area contributed by atoms with Gasteiger partial charge in [-0.05, 0) is 37.5 Å². The zero-order valence-electron chi connectivity index (χ0n) is 13.0. The third kappa shape index (κ3) is 4.37. The second-order valence-electron chi connectivity index (χ2n) is 5.16. The molecule has 1 rings (SSSR count). The molecule has 0 fully saturated rings. The topological polar surface area (TPSA) is 38.5 Å². The van der Waals surface area contributed by atoms with Gasteiger partial charge >= 0.3 is 0 Å². The zero-order valence-corrected chi connectivity index (χ0v) is 13.8. The van der Waals surface area contributed by atoms with E-state index in [2.05, 4.69) is 30.9 Å². The first-order valence-electron chi connectivity index (χ1n) is 7.35. The normalized spacial score (nSPS) is 12.8. The van der Waals surface area contributed by atoms with E-state index in [1.165, 1.54) is 0 Å². The van der Waals surface area contributed by atoms with Crippen molar-refractivity contribution in [2.24, 2.45) is 5.73 Å². The molecule has 0 aliphatic heterocycles. The van der Waals surface area contributed by atoms with Crippen LogP contribution >= 0.6 is 11.6 Å². The van der Waals surface area contributed by atoms with Crippen LogP contribution in [0.1, 0.15) is 45.2 Å². The molecule has 0 saturated heterocycles. The molecular weight excluding hydrogens is 272 g/mol. The molecule has 3 nitrogen and oxygen atoms in total. The average Bonchev–Trinajstić information content (AvgIpc) is 2.43. The van der Waals surface area contributed by atoms with Crippen LogP contribution < -0.4 is 10.6 Å². The number of nitrogens with two attached hydrogens (primary N) is 1. The van der Waals surface area contributed by atoms with Gasteiger partial charge in [-0.15, -0.1) is 0 Å². The number of hydrogen-bond donors (Lipinski definition) is 1. The van der Waals surface area contributed by atoms with Crippen molar-refractivity contribution in [3.05, 3.63) is 28.8 Å². The lowest BCUT2D eigenvalue weighted by molar-refractivity contribution is 0.202. The van der Waals surface area contributed by atoms with Crippen LogP contribution in [0, 0.1) is 0 Å². The largest absolute Gasteiger partial charge is 0.383 e. The minimum atomic E-state index is 0.00197. The predicted octanol–water partition coefficient (Wildman–Crippen LogP) is 4.00. The summed E-state index contributed by atoms with van der Waals surface area (Å²) in [6.45, 7) is 7.92. The van der Waals surface area contributed by atoms with Crippen LogP contribution in [0.2, 0.25) is 5.02 Å². The molecule has 0 aliphatic carbocycles. The van der Waals surface area contributed by atoms with E-state index in [4.69, 9.17) is 22.1 Å². The third-order valence-electron chi connectivity index (χ3n) is 3.73. The monoisotopic (exact) mass is 298 g/mol. The molecule has 0 bridgehead atoms. The number of nitrogens with zero attached hydrogens (tertiary/aromatic N) is 1. The second-order valence-corrected chi connectivity index (χ2v) is 5.56. The third-order valence-corrected chi connectivity index (χ3v) is 4.03. The quantitative estimate of drug-likeness (QED) is 0.788. The van der Waals surface area contributed by atoms with E-state index >= 15 is 0 Å². The minimum absolute atomic E-state index is 0.00197. The summed E-state index contributed by atoms with van der Waals surface area (Å²) in [5.74, 6) is 0. The van der Waals surface area contributed by atoms with Gasteiger partial charge in [0.2, 0.25) is 0 Å². The maximum absolute atomic E-state index is 6.47. The SMILES string of the molecule is CCC(CC)N(CCOC)c1ccc(C(C)N)cc1Cl. The Kier molecular flexibility index (Phi) is 7.35. The van der Waals surface area contributed by atoms with Gasteiger partial charge in [0.1, 0.15) is 0 Å². The summed E-state index contributed by atoms with van der Waals surface area (Å²) >= 11 is 6.47. The minimum Gasteiger partial charge on any atom is -0.383 e. The zero-order chi connectivity index (χ0) is 15.1. The van der Waals surface area contributed by atoms with Crippen LogP contribution in [-0.4, -0.2) is 26.3 Å². The first-order chi connectivity index (χ1) is 9.54. The molecule has 0 radical (unpaired) electrons. The van der Waals surface area contributed by atoms with Gasteiger partial charge in [0, 0.05) is 25.7 Å². The fourth-order valence-electron chi connectivity index (χ4n) is 2.46. The maximum atomic E-state index is 6.47. The van der Waals surface area contributed by atoms with Crippen molar-refractivity contribution in [1.29, 1.82) is 0 Å². The van der Waals surface area contributed by atoms with E-state index in [9.17, 15) is 0 Å². The molecule has 1 unspecified atom stereocenters. The summed E-state index contributed by atoms with van der Waals surface area (Å²) < 4.78 is 5.23. The van der Waals surface area contributed by atoms with Gasteiger partial charge in [0.15, 0.2) is 0 Å². The van der Waals surface area contributed by atoms with Crippen molar-refractivity contribution in [3.8, 4) is 0 Å². The van der Waals surface area contributed by atoms with Crippen molar-refractivity contribution in [3.63, 3.8) is 0 Å². The lowest BCUT2D eigenvalue weighted by Gasteiger charge is -2.33. The highest BCUT2D eigenvalue weighted by Crippen LogP contribution is 2.31. The van der Waals surface area contributed by atoms with E-state index < -0.39 is 0 Å². The molecule has 114 valence electrons. The number of ether oxygens (including phenoxy) is 1. The maximum Gasteiger partial charge on any atom is 0.0643 e. The standard InChI is InChI=1S/C16H27ClN2O/c1-5-14(6-2)19(9-10-20-4)16-8-7-13(12(3)18)11-15(16)17/h7-8,11-12,14H,5-6,9-10,18H2,1-4H3. The average molecular weight is 299 g/mol. The lowest BCUT2D eigenvalue weighted by atomic mass is 10.1. The van der Waals surface area contributed by atoms with E-state index in [0.29, 0.717) is 12.6 Å². The molecule has 1 aromatic carbocycles. The van der Waals surface area contributed by atoms with Crippen molar-refractivity contribution >= 4 is 17.3 Å². The molecule has 4 heteroatoms. The summed E-state index contributed by atoms with van der Waals surface area (Å²) in [5.41, 5.74) is 8.04. The summed E-state index contributed by atoms with van der Waals surface area (Å²) in [7, 11) is 1.73. The first-order valence-corrected chi connectivity index (χ1v) is 7.73. The van der Waals surface area contributed by atoms with Crippen molar-refractivity contribution in [1.82, 2.24) is 0 Å². The van der Waals surface area contributed by atoms with Gasteiger partial charge < -0.3 is 15.4 Å². The summed E-state index contributed by atoms with van der Waals surface area (Å²) in [6, 6.07) is 6.60. The Morgan fingerprint density at radius 2 is 1.95 bits per heavy atom. The number of rotatable bonds is 8. The van der Waals surface area contributed by atoms with E-state index in [-0.39, 0.29) is 6.04 Å². The Bertz CT molecular complexity index is 405. The van der Waals surface area contributed by atoms with E-state index in [1.807, 2.05) is 13.0 Å². The molecule has 1 atom stereocenters. The molecule has 20 heavy (non-hydrogen) atoms. The molecular formula is C16H27ClN2O. The molecule has 0 amide bonds. The number of anilines is 1. The van der Waals surface area contributed by atoms with Crippen LogP contribution in [0.25, 0.3) is 0 Å². The van der Waals surface area contributed by atoms with Crippen molar-refractivity contribution in [2.75, 3.05) is 25.2 Å². The Labute approximate surface area is 128 Å². The molecule has 2 N–H and O–H groups in total. The van der Waals surface area contributed by atoms with Crippen LogP contribution in [0.15, 0.2) is 18.2 Å². The van der Waals surface area contributed by atoms with Gasteiger partial charge in [0.25, 0.3) is 0 Å². The summed E-state index contributed by atoms with van der Waals surface area (Å²) in [5, 5.41) is 0.766. The Morgan fingerprint density at radius 1 is 1.30 bits per heavy atom. The molecule has 0 aromatic heterocycles. The van der Waals surface area contributed by atoms with Gasteiger partial charge in [0.05, 0.1) is 17.3 Å². The lowest BCUT2D eigenvalue weighted by Crippen LogP contribution is -2.37. The predicted molar refractivity (Wildman–Crippen MR) is 87.6 cm³/mol. The van der Waals surface area contributed by atoms with Gasteiger partial charge in [-0.25, -0.2) is 0 Å². The van der Waals surface area contributed by atoms with Gasteiger partial charge in [-0.3, -0.25) is 0 Å². The van der Waals surface area contributed by atoms with Gasteiger partial charge in [-0.1, -0.05) is 31.5 Å². The van der Waals surface area contributed by atoms with Crippen LogP contribution in [-0.2, 0) is 4.74 Å². The van der Waals surface area contributed by atoms with Crippen molar-refractivity contribution in [2.45, 2.75) is 45.7 Å². The Morgan fingerprint density at radius 3 is 2.40 bits per heavy atom. The molecule has 0 spiro atoms. The van der Waals surface area contributed by atoms with Gasteiger partial charge in [-0.2, -0.15) is 0 Å². The molecule has 1 aromatic rings. The number of halogens is 1. The molecule has 0 aliphatic rings. The molecule has 0 heterocycles. The highest BCUT2D eigenvalue weighted by atomic mass is 35.5. The van der Waals surface area contributed by atoms with Crippen molar-refractivity contribution < 1.29 is 4.74 Å². The van der Waals surface area contributed by atoms with Crippen LogP contribution in [0.3, 0.4) is 0 Å². The molecule has 0 saturated carbocycles. The fraction of sp³-hybridized carbons (Fsp3) is 0.625. The second kappa shape index (κ2) is 8.50. The summed E-state index contributed by atoms with van der Waals surface area (Å²) in [6.07, 6.45) is 2.18. The number of benzene rings is 1. The smallest absolute Gasteiger partial charge is 0.0643 e. The Balaban J connectivity index is 3.06. The number of methoxy groups -OCH3 is 1. The summed E-state index contributed by atoms with van der Waals surface area (Å²) in [4.78, 5) is 2.34. The van der Waals surface area contributed by atoms with E-state index in [0.717, 1.165) is 35.7 Å². The van der Waals surface area contributed by atoms with Crippen LogP contribution in [0.5, 0.6) is 0 Å². The van der Waals surface area contributed by atoms with Crippen LogP contribution in [0.4, 0.5) is 5.69 Å². The Hall–Kier alpha value is -0.770. The highest BCUT2D eigenvalue weighted by molar-refractivity contribution is 6.33. The van der Waals surface area contributed by atoms with E-state index in [1.54, 1.807) is 7.11 Å². The number of hydrogen-bond acceptors (Lipinski definition) is 3. The first kappa shape index (κ1) is 17.3.